The summed E-state index contributed by atoms with van der Waals surface area (Å²) in [6.07, 6.45) is 0. The highest BCUT2D eigenvalue weighted by molar-refractivity contribution is 14.1. The Bertz CT molecular complexity index is 1130. The summed E-state index contributed by atoms with van der Waals surface area (Å²) in [4.78, 5) is 0. The maximum atomic E-state index is 5.74. The second-order valence-electron chi connectivity index (χ2n) is 9.69. The van der Waals surface area contributed by atoms with E-state index in [1.54, 1.807) is 14.2 Å². The number of halogens is 1. The standard InChI is InChI=1S/C30H37IO2/c1-17(2)23-16-24(18(3)4)29(27-20(7)10-15-25(33-9)30(27)31)26(19(5)6)28(23)21-11-13-22(32-8)14-12-21/h10-19H,1-9H3. The summed E-state index contributed by atoms with van der Waals surface area (Å²) >= 11 is 2.47. The predicted octanol–water partition coefficient (Wildman–Crippen LogP) is 9.32. The summed E-state index contributed by atoms with van der Waals surface area (Å²) in [6.45, 7) is 16.1. The third kappa shape index (κ3) is 4.94. The van der Waals surface area contributed by atoms with Gasteiger partial charge in [0.25, 0.3) is 0 Å². The minimum Gasteiger partial charge on any atom is -0.497 e. The van der Waals surface area contributed by atoms with Gasteiger partial charge in [0.05, 0.1) is 17.8 Å². The van der Waals surface area contributed by atoms with Gasteiger partial charge < -0.3 is 9.47 Å². The first-order valence-electron chi connectivity index (χ1n) is 11.8. The van der Waals surface area contributed by atoms with E-state index in [0.717, 1.165) is 11.5 Å². The average molecular weight is 557 g/mol. The maximum absolute atomic E-state index is 5.74. The lowest BCUT2D eigenvalue weighted by molar-refractivity contribution is 0.412. The molecule has 0 aliphatic rings. The first kappa shape index (κ1) is 25.6. The van der Waals surface area contributed by atoms with Gasteiger partial charge >= 0.3 is 0 Å². The van der Waals surface area contributed by atoms with Gasteiger partial charge in [0, 0.05) is 5.56 Å². The Morgan fingerprint density at radius 1 is 0.667 bits per heavy atom. The van der Waals surface area contributed by atoms with Crippen LogP contribution in [0.3, 0.4) is 0 Å². The van der Waals surface area contributed by atoms with E-state index in [2.05, 4.69) is 114 Å². The van der Waals surface area contributed by atoms with Crippen LogP contribution in [0.5, 0.6) is 11.5 Å². The van der Waals surface area contributed by atoms with Crippen molar-refractivity contribution in [2.24, 2.45) is 0 Å². The van der Waals surface area contributed by atoms with E-state index in [0.29, 0.717) is 17.8 Å². The van der Waals surface area contributed by atoms with Crippen LogP contribution in [0.4, 0.5) is 0 Å². The first-order valence-corrected chi connectivity index (χ1v) is 12.9. The predicted molar refractivity (Wildman–Crippen MR) is 150 cm³/mol. The van der Waals surface area contributed by atoms with E-state index in [1.807, 2.05) is 0 Å². The zero-order chi connectivity index (χ0) is 24.4. The van der Waals surface area contributed by atoms with Gasteiger partial charge in [-0.2, -0.15) is 0 Å². The van der Waals surface area contributed by atoms with Gasteiger partial charge in [-0.3, -0.25) is 0 Å². The van der Waals surface area contributed by atoms with E-state index < -0.39 is 0 Å². The first-order chi connectivity index (χ1) is 15.6. The molecule has 0 unspecified atom stereocenters. The average Bonchev–Trinajstić information content (AvgIpc) is 2.78. The number of methoxy groups -OCH3 is 2. The molecule has 0 aliphatic heterocycles. The Balaban J connectivity index is 2.55. The maximum Gasteiger partial charge on any atom is 0.132 e. The molecular formula is C30H37IO2. The molecule has 0 radical (unpaired) electrons. The van der Waals surface area contributed by atoms with Crippen LogP contribution in [0.2, 0.25) is 0 Å². The number of rotatable bonds is 7. The normalized spacial score (nSPS) is 11.5. The molecule has 0 bridgehead atoms. The fraction of sp³-hybridized carbons (Fsp3) is 0.400. The smallest absolute Gasteiger partial charge is 0.132 e. The lowest BCUT2D eigenvalue weighted by atomic mass is 9.75. The molecule has 0 aromatic heterocycles. The molecule has 176 valence electrons. The minimum absolute atomic E-state index is 0.356. The van der Waals surface area contributed by atoms with Gasteiger partial charge in [-0.25, -0.2) is 0 Å². The van der Waals surface area contributed by atoms with Crippen molar-refractivity contribution in [1.82, 2.24) is 0 Å². The molecule has 0 fully saturated rings. The Morgan fingerprint density at radius 2 is 1.24 bits per heavy atom. The van der Waals surface area contributed by atoms with Crippen LogP contribution in [-0.2, 0) is 0 Å². The summed E-state index contributed by atoms with van der Waals surface area (Å²) < 4.78 is 12.4. The second kappa shape index (κ2) is 10.5. The van der Waals surface area contributed by atoms with Gasteiger partial charge in [0.15, 0.2) is 0 Å². The summed E-state index contributed by atoms with van der Waals surface area (Å²) in [5.74, 6) is 2.99. The lowest BCUT2D eigenvalue weighted by Crippen LogP contribution is -2.09. The van der Waals surface area contributed by atoms with Crippen molar-refractivity contribution < 1.29 is 9.47 Å². The molecule has 0 saturated heterocycles. The van der Waals surface area contributed by atoms with Gasteiger partial charge in [-0.05, 0) is 104 Å². The number of ether oxygens (including phenoxy) is 2. The van der Waals surface area contributed by atoms with E-state index in [9.17, 15) is 0 Å². The number of hydrogen-bond acceptors (Lipinski definition) is 2. The van der Waals surface area contributed by atoms with Crippen LogP contribution in [0.25, 0.3) is 22.3 Å². The minimum atomic E-state index is 0.356. The molecule has 2 nitrogen and oxygen atoms in total. The van der Waals surface area contributed by atoms with Crippen molar-refractivity contribution >= 4 is 22.6 Å². The van der Waals surface area contributed by atoms with Crippen molar-refractivity contribution in [2.45, 2.75) is 66.2 Å². The molecule has 3 rings (SSSR count). The lowest BCUT2D eigenvalue weighted by Gasteiger charge is -2.29. The molecule has 33 heavy (non-hydrogen) atoms. The molecule has 0 saturated carbocycles. The Kier molecular flexibility index (Phi) is 8.15. The molecule has 0 amide bonds. The van der Waals surface area contributed by atoms with E-state index in [1.165, 1.54) is 48.1 Å². The zero-order valence-corrected chi connectivity index (χ0v) is 23.6. The van der Waals surface area contributed by atoms with E-state index >= 15 is 0 Å². The number of hydrogen-bond donors (Lipinski definition) is 0. The fourth-order valence-electron chi connectivity index (χ4n) is 4.71. The van der Waals surface area contributed by atoms with Crippen molar-refractivity contribution in [2.75, 3.05) is 14.2 Å². The van der Waals surface area contributed by atoms with Crippen molar-refractivity contribution in [3.05, 3.63) is 68.3 Å². The summed E-state index contributed by atoms with van der Waals surface area (Å²) in [5.41, 5.74) is 10.8. The second-order valence-corrected chi connectivity index (χ2v) is 10.8. The number of benzene rings is 3. The molecule has 0 N–H and O–H groups in total. The molecular weight excluding hydrogens is 519 g/mol. The molecule has 0 heterocycles. The SMILES string of the molecule is COc1ccc(-c2c(C(C)C)cc(C(C)C)c(-c3c(C)ccc(OC)c3I)c2C(C)C)cc1. The largest absolute Gasteiger partial charge is 0.497 e. The van der Waals surface area contributed by atoms with Gasteiger partial charge in [0.1, 0.15) is 11.5 Å². The van der Waals surface area contributed by atoms with E-state index in [-0.39, 0.29) is 0 Å². The highest BCUT2D eigenvalue weighted by Gasteiger charge is 2.27. The van der Waals surface area contributed by atoms with Gasteiger partial charge in [-0.1, -0.05) is 65.8 Å². The van der Waals surface area contributed by atoms with Crippen molar-refractivity contribution in [3.63, 3.8) is 0 Å². The van der Waals surface area contributed by atoms with Crippen molar-refractivity contribution in [1.29, 1.82) is 0 Å². The Labute approximate surface area is 213 Å². The third-order valence-electron chi connectivity index (χ3n) is 6.41. The van der Waals surface area contributed by atoms with E-state index in [4.69, 9.17) is 9.47 Å². The highest BCUT2D eigenvalue weighted by atomic mass is 127. The van der Waals surface area contributed by atoms with Crippen LogP contribution in [-0.4, -0.2) is 14.2 Å². The van der Waals surface area contributed by atoms with Gasteiger partial charge in [0.2, 0.25) is 0 Å². The quantitative estimate of drug-likeness (QED) is 0.270. The van der Waals surface area contributed by atoms with Gasteiger partial charge in [-0.15, -0.1) is 0 Å². The van der Waals surface area contributed by atoms with Crippen LogP contribution in [0, 0.1) is 10.5 Å². The van der Waals surface area contributed by atoms with Crippen LogP contribution in [0.15, 0.2) is 42.5 Å². The molecule has 0 spiro atoms. The summed E-state index contributed by atoms with van der Waals surface area (Å²) in [6, 6.07) is 15.3. The topological polar surface area (TPSA) is 18.5 Å². The highest BCUT2D eigenvalue weighted by Crippen LogP contribution is 2.48. The Hall–Kier alpha value is -2.01. The monoisotopic (exact) mass is 556 g/mol. The molecule has 0 atom stereocenters. The van der Waals surface area contributed by atoms with Crippen LogP contribution >= 0.6 is 22.6 Å². The van der Waals surface area contributed by atoms with Crippen LogP contribution in [0.1, 0.15) is 81.5 Å². The molecule has 3 heteroatoms. The Morgan fingerprint density at radius 3 is 1.73 bits per heavy atom. The zero-order valence-electron chi connectivity index (χ0n) is 21.5. The van der Waals surface area contributed by atoms with Crippen molar-refractivity contribution in [3.8, 4) is 33.8 Å². The molecule has 0 aliphatic carbocycles. The number of aryl methyl sites for hydroxylation is 1. The molecule has 3 aromatic carbocycles. The third-order valence-corrected chi connectivity index (χ3v) is 7.48. The molecule has 3 aromatic rings. The summed E-state index contributed by atoms with van der Waals surface area (Å²) in [5, 5.41) is 0. The summed E-state index contributed by atoms with van der Waals surface area (Å²) in [7, 11) is 3.48. The fourth-order valence-corrected chi connectivity index (χ4v) is 5.81. The van der Waals surface area contributed by atoms with Crippen LogP contribution < -0.4 is 9.47 Å².